The number of fused-ring (bicyclic) bond motifs is 1. The zero-order chi connectivity index (χ0) is 20.5. The van der Waals surface area contributed by atoms with Crippen molar-refractivity contribution in [3.8, 4) is 17.0 Å². The second-order valence-electron chi connectivity index (χ2n) is 7.77. The van der Waals surface area contributed by atoms with Crippen LogP contribution in [-0.2, 0) is 9.53 Å². The van der Waals surface area contributed by atoms with Crippen molar-refractivity contribution in [3.05, 3.63) is 36.0 Å². The Morgan fingerprint density at radius 3 is 2.87 bits per heavy atom. The van der Waals surface area contributed by atoms with E-state index in [1.165, 1.54) is 0 Å². The van der Waals surface area contributed by atoms with Crippen LogP contribution in [0, 0.1) is 5.92 Å². The van der Waals surface area contributed by atoms with Crippen molar-refractivity contribution in [1.82, 2.24) is 15.3 Å². The van der Waals surface area contributed by atoms with E-state index in [1.54, 1.807) is 11.3 Å². The summed E-state index contributed by atoms with van der Waals surface area (Å²) in [5.41, 5.74) is 5.71. The van der Waals surface area contributed by atoms with Gasteiger partial charge in [-0.05, 0) is 31.2 Å². The first kappa shape index (κ1) is 19.3. The Bertz CT molecular complexity index is 1050. The van der Waals surface area contributed by atoms with Crippen molar-refractivity contribution < 1.29 is 14.3 Å². The summed E-state index contributed by atoms with van der Waals surface area (Å²) in [6, 6.07) is 8.25. The fourth-order valence-electron chi connectivity index (χ4n) is 3.99. The minimum absolute atomic E-state index is 0.0684. The molecule has 1 aromatic carbocycles. The molecular weight excluding hydrogens is 400 g/mol. The van der Waals surface area contributed by atoms with Gasteiger partial charge in [0.05, 0.1) is 46.5 Å². The van der Waals surface area contributed by atoms with Crippen molar-refractivity contribution in [2.24, 2.45) is 5.92 Å². The highest BCUT2D eigenvalue weighted by Crippen LogP contribution is 2.36. The van der Waals surface area contributed by atoms with Gasteiger partial charge in [-0.1, -0.05) is 0 Å². The van der Waals surface area contributed by atoms with E-state index in [-0.39, 0.29) is 17.9 Å². The molecule has 30 heavy (non-hydrogen) atoms. The summed E-state index contributed by atoms with van der Waals surface area (Å²) in [5.74, 6) is 1.07. The molecule has 0 spiro atoms. The van der Waals surface area contributed by atoms with Gasteiger partial charge in [0, 0.05) is 37.5 Å². The fraction of sp³-hybridized carbons (Fsp3) is 0.409. The molecule has 5 rings (SSSR count). The Labute approximate surface area is 179 Å². The minimum atomic E-state index is -0.0684. The number of benzene rings is 1. The number of carbonyl (C=O) groups excluding carboxylic acids is 1. The lowest BCUT2D eigenvalue weighted by molar-refractivity contribution is -0.119. The largest absolute Gasteiger partial charge is 0.489 e. The van der Waals surface area contributed by atoms with E-state index in [1.807, 2.05) is 30.8 Å². The summed E-state index contributed by atoms with van der Waals surface area (Å²) in [6.07, 6.45) is 2.36. The molecule has 1 amide bonds. The predicted octanol–water partition coefficient (Wildman–Crippen LogP) is 3.10. The molecule has 0 saturated carbocycles. The molecule has 8 heteroatoms. The van der Waals surface area contributed by atoms with Gasteiger partial charge in [-0.25, -0.2) is 4.98 Å². The molecule has 0 bridgehead atoms. The molecule has 2 saturated heterocycles. The van der Waals surface area contributed by atoms with Gasteiger partial charge >= 0.3 is 0 Å². The highest BCUT2D eigenvalue weighted by Gasteiger charge is 2.28. The Balaban J connectivity index is 1.41. The number of morpholine rings is 1. The van der Waals surface area contributed by atoms with E-state index < -0.39 is 0 Å². The molecule has 0 aliphatic carbocycles. The van der Waals surface area contributed by atoms with Crippen molar-refractivity contribution in [2.75, 3.05) is 37.7 Å². The molecule has 3 aromatic rings. The third kappa shape index (κ3) is 3.85. The quantitative estimate of drug-likeness (QED) is 0.678. The van der Waals surface area contributed by atoms with E-state index in [9.17, 15) is 4.79 Å². The van der Waals surface area contributed by atoms with Crippen LogP contribution in [0.15, 0.2) is 36.0 Å². The minimum Gasteiger partial charge on any atom is -0.489 e. The molecule has 1 N–H and O–H groups in total. The first-order valence-corrected chi connectivity index (χ1v) is 11.1. The van der Waals surface area contributed by atoms with Crippen LogP contribution >= 0.6 is 11.3 Å². The Kier molecular flexibility index (Phi) is 5.26. The van der Waals surface area contributed by atoms with Gasteiger partial charge in [0.2, 0.25) is 5.91 Å². The zero-order valence-electron chi connectivity index (χ0n) is 16.8. The van der Waals surface area contributed by atoms with Crippen LogP contribution in [0.2, 0.25) is 0 Å². The van der Waals surface area contributed by atoms with E-state index >= 15 is 0 Å². The smallest absolute Gasteiger partial charge is 0.220 e. The maximum atomic E-state index is 11.6. The summed E-state index contributed by atoms with van der Waals surface area (Å²) in [5, 5.41) is 2.89. The molecule has 2 aliphatic rings. The van der Waals surface area contributed by atoms with Gasteiger partial charge in [0.1, 0.15) is 11.9 Å². The molecule has 0 unspecified atom stereocenters. The lowest BCUT2D eigenvalue weighted by Crippen LogP contribution is -2.36. The number of amides is 1. The molecule has 7 nitrogen and oxygen atoms in total. The first-order chi connectivity index (χ1) is 14.7. The maximum Gasteiger partial charge on any atom is 0.220 e. The second-order valence-corrected chi connectivity index (χ2v) is 8.62. The maximum absolute atomic E-state index is 11.6. The number of pyridine rings is 1. The highest BCUT2D eigenvalue weighted by atomic mass is 32.1. The topological polar surface area (TPSA) is 76.6 Å². The Hall–Kier alpha value is -2.71. The molecule has 2 atom stereocenters. The summed E-state index contributed by atoms with van der Waals surface area (Å²) in [4.78, 5) is 23.1. The summed E-state index contributed by atoms with van der Waals surface area (Å²) < 4.78 is 12.8. The van der Waals surface area contributed by atoms with Crippen LogP contribution in [0.3, 0.4) is 0 Å². The SMILES string of the molecule is C[C@H](Oc1cc(-c2ccc(N3CCOCC3)cn2)cc2ncsc12)[C@@H]1CNC(=O)C1. The summed E-state index contributed by atoms with van der Waals surface area (Å²) >= 11 is 1.57. The van der Waals surface area contributed by atoms with Gasteiger partial charge in [-0.15, -0.1) is 11.3 Å². The number of ether oxygens (including phenoxy) is 2. The van der Waals surface area contributed by atoms with Crippen LogP contribution in [0.1, 0.15) is 13.3 Å². The number of hydrogen-bond acceptors (Lipinski definition) is 7. The predicted molar refractivity (Wildman–Crippen MR) is 117 cm³/mol. The number of anilines is 1. The summed E-state index contributed by atoms with van der Waals surface area (Å²) in [6.45, 7) is 5.98. The van der Waals surface area contributed by atoms with Crippen molar-refractivity contribution in [3.63, 3.8) is 0 Å². The molecular formula is C22H24N4O3S. The van der Waals surface area contributed by atoms with Crippen LogP contribution in [0.25, 0.3) is 21.5 Å². The summed E-state index contributed by atoms with van der Waals surface area (Å²) in [7, 11) is 0. The monoisotopic (exact) mass is 424 g/mol. The number of hydrogen-bond donors (Lipinski definition) is 1. The van der Waals surface area contributed by atoms with E-state index in [4.69, 9.17) is 14.5 Å². The van der Waals surface area contributed by atoms with Crippen LogP contribution in [0.4, 0.5) is 5.69 Å². The third-order valence-corrected chi connectivity index (χ3v) is 6.66. The van der Waals surface area contributed by atoms with E-state index in [0.717, 1.165) is 59.2 Å². The standard InChI is InChI=1S/C22H24N4O3S/c1-14(16-10-21(27)24-11-16)29-20-9-15(8-19-22(20)30-13-25-19)18-3-2-17(12-23-18)26-4-6-28-7-5-26/h2-3,8-9,12-14,16H,4-7,10-11H2,1H3,(H,24,27)/t14-,16-/m0/s1. The lowest BCUT2D eigenvalue weighted by atomic mass is 10.0. The Morgan fingerprint density at radius 1 is 1.27 bits per heavy atom. The van der Waals surface area contributed by atoms with Crippen molar-refractivity contribution >= 4 is 33.1 Å². The highest BCUT2D eigenvalue weighted by molar-refractivity contribution is 7.17. The molecule has 156 valence electrons. The number of thiazole rings is 1. The molecule has 2 aromatic heterocycles. The normalized spacial score (nSPS) is 20.4. The number of nitrogens with one attached hydrogen (secondary N) is 1. The van der Waals surface area contributed by atoms with Gasteiger partial charge in [0.15, 0.2) is 0 Å². The second kappa shape index (κ2) is 8.20. The van der Waals surface area contributed by atoms with E-state index in [0.29, 0.717) is 13.0 Å². The average molecular weight is 425 g/mol. The number of rotatable bonds is 5. The number of carbonyl (C=O) groups is 1. The van der Waals surface area contributed by atoms with Crippen LogP contribution in [0.5, 0.6) is 5.75 Å². The number of aromatic nitrogens is 2. The zero-order valence-corrected chi connectivity index (χ0v) is 17.7. The lowest BCUT2D eigenvalue weighted by Gasteiger charge is -2.28. The molecule has 2 aliphatic heterocycles. The first-order valence-electron chi connectivity index (χ1n) is 10.3. The molecule has 0 radical (unpaired) electrons. The third-order valence-electron chi connectivity index (χ3n) is 5.80. The number of nitrogens with zero attached hydrogens (tertiary/aromatic N) is 3. The van der Waals surface area contributed by atoms with Gasteiger partial charge in [-0.3, -0.25) is 9.78 Å². The molecule has 2 fully saturated rings. The average Bonchev–Trinajstić information content (AvgIpc) is 3.43. The van der Waals surface area contributed by atoms with Gasteiger partial charge in [0.25, 0.3) is 0 Å². The van der Waals surface area contributed by atoms with Crippen LogP contribution in [-0.4, -0.2) is 54.8 Å². The van der Waals surface area contributed by atoms with Crippen molar-refractivity contribution in [1.29, 1.82) is 0 Å². The van der Waals surface area contributed by atoms with Crippen LogP contribution < -0.4 is 15.0 Å². The van der Waals surface area contributed by atoms with Gasteiger partial charge < -0.3 is 19.7 Å². The van der Waals surface area contributed by atoms with Crippen molar-refractivity contribution in [2.45, 2.75) is 19.4 Å². The fourth-order valence-corrected chi connectivity index (χ4v) is 4.72. The Morgan fingerprint density at radius 2 is 2.13 bits per heavy atom. The van der Waals surface area contributed by atoms with E-state index in [2.05, 4.69) is 27.3 Å². The van der Waals surface area contributed by atoms with Gasteiger partial charge in [-0.2, -0.15) is 0 Å². The molecule has 4 heterocycles.